The number of hydrogen-bond donors (Lipinski definition) is 3. The molecule has 0 unspecified atom stereocenters. The van der Waals surface area contributed by atoms with E-state index < -0.39 is 18.2 Å². The fraction of sp³-hybridized carbons (Fsp3) is 0.783. The third kappa shape index (κ3) is 8.50. The predicted octanol–water partition coefficient (Wildman–Crippen LogP) is 3.10. The van der Waals surface area contributed by atoms with Crippen molar-refractivity contribution in [3.8, 4) is 0 Å². The molecule has 1 aromatic rings. The Hall–Kier alpha value is -1.51. The zero-order valence-corrected chi connectivity index (χ0v) is 19.9. The Morgan fingerprint density at radius 2 is 1.94 bits per heavy atom. The quantitative estimate of drug-likeness (QED) is 0.451. The summed E-state index contributed by atoms with van der Waals surface area (Å²) in [5.41, 5.74) is 2.49. The Morgan fingerprint density at radius 3 is 2.52 bits per heavy atom. The van der Waals surface area contributed by atoms with Crippen molar-refractivity contribution in [3.63, 3.8) is 0 Å². The molecule has 1 saturated carbocycles. The number of aliphatic hydroxyl groups excluding tert-OH is 2. The lowest BCUT2D eigenvalue weighted by Crippen LogP contribution is -2.52. The third-order valence-electron chi connectivity index (χ3n) is 6.18. The molecule has 176 valence electrons. The summed E-state index contributed by atoms with van der Waals surface area (Å²) >= 11 is 1.46. The van der Waals surface area contributed by atoms with Crippen LogP contribution in [0.5, 0.6) is 0 Å². The van der Waals surface area contributed by atoms with Gasteiger partial charge in [0.25, 0.3) is 0 Å². The van der Waals surface area contributed by atoms with Crippen LogP contribution in [0.25, 0.3) is 0 Å². The maximum atomic E-state index is 13.3. The number of carbonyl (C=O) groups excluding carboxylic acids is 2. The van der Waals surface area contributed by atoms with Crippen LogP contribution in [0.1, 0.15) is 77.3 Å². The molecule has 31 heavy (non-hydrogen) atoms. The third-order valence-corrected chi connectivity index (χ3v) is 6.82. The molecule has 2 rings (SSSR count). The van der Waals surface area contributed by atoms with Gasteiger partial charge in [0.15, 0.2) is 0 Å². The number of nitrogens with zero attached hydrogens (tertiary/aromatic N) is 2. The first-order valence-electron chi connectivity index (χ1n) is 11.5. The summed E-state index contributed by atoms with van der Waals surface area (Å²) in [5, 5.41) is 26.4. The first-order chi connectivity index (χ1) is 14.8. The van der Waals surface area contributed by atoms with E-state index in [0.29, 0.717) is 18.8 Å². The van der Waals surface area contributed by atoms with Crippen LogP contribution in [0.4, 0.5) is 0 Å². The van der Waals surface area contributed by atoms with Gasteiger partial charge in [0.1, 0.15) is 6.10 Å². The standard InChI is InChI=1S/C23H39N3O4S/c1-16(2)11-20(27)23(30)19(12-17-7-5-4-6-8-17)26(13-18-14-31-15-25-18)22(29)10-9-21(28)24-3/h14-17,19-20,23,27,30H,4-13H2,1-3H3,(H,24,28)/t19-,20-,23+/m0/s1. The molecular formula is C23H39N3O4S. The van der Waals surface area contributed by atoms with Crippen molar-refractivity contribution in [2.75, 3.05) is 7.05 Å². The molecule has 0 spiro atoms. The number of carbonyl (C=O) groups is 2. The number of aliphatic hydroxyl groups is 2. The Bertz CT molecular complexity index is 662. The molecule has 1 heterocycles. The average molecular weight is 454 g/mol. The van der Waals surface area contributed by atoms with Gasteiger partial charge in [-0.1, -0.05) is 46.0 Å². The van der Waals surface area contributed by atoms with Gasteiger partial charge >= 0.3 is 0 Å². The van der Waals surface area contributed by atoms with E-state index in [2.05, 4.69) is 10.3 Å². The number of hydrogen-bond acceptors (Lipinski definition) is 6. The molecule has 1 aliphatic rings. The fourth-order valence-corrected chi connectivity index (χ4v) is 5.01. The van der Waals surface area contributed by atoms with Crippen LogP contribution >= 0.6 is 11.3 Å². The van der Waals surface area contributed by atoms with E-state index in [4.69, 9.17) is 0 Å². The topological polar surface area (TPSA) is 103 Å². The van der Waals surface area contributed by atoms with Gasteiger partial charge in [0.2, 0.25) is 11.8 Å². The Balaban J connectivity index is 2.27. The zero-order valence-electron chi connectivity index (χ0n) is 19.1. The van der Waals surface area contributed by atoms with Gasteiger partial charge in [-0.2, -0.15) is 0 Å². The Kier molecular flexibility index (Phi) is 10.9. The van der Waals surface area contributed by atoms with Gasteiger partial charge in [0.05, 0.1) is 29.9 Å². The van der Waals surface area contributed by atoms with E-state index in [0.717, 1.165) is 18.5 Å². The van der Waals surface area contributed by atoms with E-state index in [1.165, 1.54) is 30.6 Å². The summed E-state index contributed by atoms with van der Waals surface area (Å²) in [6.07, 6.45) is 5.09. The molecule has 0 radical (unpaired) electrons. The van der Waals surface area contributed by atoms with Gasteiger partial charge in [-0.15, -0.1) is 11.3 Å². The lowest BCUT2D eigenvalue weighted by Gasteiger charge is -2.39. The predicted molar refractivity (Wildman–Crippen MR) is 122 cm³/mol. The monoisotopic (exact) mass is 453 g/mol. The van der Waals surface area contributed by atoms with Crippen molar-refractivity contribution in [1.82, 2.24) is 15.2 Å². The van der Waals surface area contributed by atoms with E-state index in [9.17, 15) is 19.8 Å². The molecular weight excluding hydrogens is 414 g/mol. The zero-order chi connectivity index (χ0) is 22.8. The number of nitrogens with one attached hydrogen (secondary N) is 1. The average Bonchev–Trinajstić information content (AvgIpc) is 3.27. The molecule has 1 fully saturated rings. The SMILES string of the molecule is CNC(=O)CCC(=O)N(Cc1cscn1)[C@@H](CC1CCCCC1)[C@@H](O)[C@@H](O)CC(C)C. The van der Waals surface area contributed by atoms with Crippen molar-refractivity contribution < 1.29 is 19.8 Å². The minimum absolute atomic E-state index is 0.0674. The largest absolute Gasteiger partial charge is 0.390 e. The lowest BCUT2D eigenvalue weighted by atomic mass is 9.81. The van der Waals surface area contributed by atoms with Crippen molar-refractivity contribution in [3.05, 3.63) is 16.6 Å². The van der Waals surface area contributed by atoms with E-state index in [1.807, 2.05) is 19.2 Å². The normalized spacial score (nSPS) is 17.9. The maximum absolute atomic E-state index is 13.3. The summed E-state index contributed by atoms with van der Waals surface area (Å²) in [6.45, 7) is 4.29. The molecule has 3 atom stereocenters. The molecule has 0 saturated heterocycles. The minimum atomic E-state index is -1.04. The van der Waals surface area contributed by atoms with Crippen LogP contribution in [-0.4, -0.2) is 57.2 Å². The first-order valence-corrected chi connectivity index (χ1v) is 12.5. The second-order valence-electron chi connectivity index (χ2n) is 9.17. The second-order valence-corrected chi connectivity index (χ2v) is 9.89. The van der Waals surface area contributed by atoms with E-state index >= 15 is 0 Å². The first kappa shape index (κ1) is 25.7. The minimum Gasteiger partial charge on any atom is -0.390 e. The molecule has 3 N–H and O–H groups in total. The highest BCUT2D eigenvalue weighted by molar-refractivity contribution is 7.07. The fourth-order valence-electron chi connectivity index (χ4n) is 4.46. The van der Waals surface area contributed by atoms with Crippen LogP contribution in [-0.2, 0) is 16.1 Å². The van der Waals surface area contributed by atoms with Gasteiger partial charge in [-0.3, -0.25) is 9.59 Å². The second kappa shape index (κ2) is 13.1. The molecule has 7 nitrogen and oxygen atoms in total. The molecule has 0 bridgehead atoms. The van der Waals surface area contributed by atoms with E-state index in [1.54, 1.807) is 17.5 Å². The van der Waals surface area contributed by atoms with Crippen LogP contribution in [0.2, 0.25) is 0 Å². The molecule has 8 heteroatoms. The summed E-state index contributed by atoms with van der Waals surface area (Å²) in [7, 11) is 1.55. The van der Waals surface area contributed by atoms with E-state index in [-0.39, 0.29) is 37.1 Å². The molecule has 1 aromatic heterocycles. The summed E-state index contributed by atoms with van der Waals surface area (Å²) in [6, 6.07) is -0.504. The number of thiazole rings is 1. The van der Waals surface area contributed by atoms with Crippen molar-refractivity contribution >= 4 is 23.2 Å². The molecule has 1 aliphatic carbocycles. The van der Waals surface area contributed by atoms with Gasteiger partial charge in [-0.05, 0) is 24.7 Å². The van der Waals surface area contributed by atoms with Crippen LogP contribution in [0.15, 0.2) is 10.9 Å². The summed E-state index contributed by atoms with van der Waals surface area (Å²) < 4.78 is 0. The van der Waals surface area contributed by atoms with Crippen LogP contribution in [0, 0.1) is 11.8 Å². The highest BCUT2D eigenvalue weighted by Gasteiger charge is 2.36. The smallest absolute Gasteiger partial charge is 0.223 e. The summed E-state index contributed by atoms with van der Waals surface area (Å²) in [5.74, 6) is 0.277. The van der Waals surface area contributed by atoms with Crippen molar-refractivity contribution in [1.29, 1.82) is 0 Å². The van der Waals surface area contributed by atoms with Gasteiger partial charge in [0, 0.05) is 25.3 Å². The van der Waals surface area contributed by atoms with Gasteiger partial charge < -0.3 is 20.4 Å². The molecule has 0 aromatic carbocycles. The number of rotatable bonds is 12. The van der Waals surface area contributed by atoms with Crippen molar-refractivity contribution in [2.45, 2.75) is 96.4 Å². The number of aromatic nitrogens is 1. The summed E-state index contributed by atoms with van der Waals surface area (Å²) in [4.78, 5) is 31.0. The highest BCUT2D eigenvalue weighted by Crippen LogP contribution is 2.31. The number of amides is 2. The highest BCUT2D eigenvalue weighted by atomic mass is 32.1. The van der Waals surface area contributed by atoms with Crippen molar-refractivity contribution in [2.24, 2.45) is 11.8 Å². The lowest BCUT2D eigenvalue weighted by molar-refractivity contribution is -0.142. The molecule has 2 amide bonds. The molecule has 0 aliphatic heterocycles. The Morgan fingerprint density at radius 1 is 1.23 bits per heavy atom. The maximum Gasteiger partial charge on any atom is 0.223 e. The van der Waals surface area contributed by atoms with Gasteiger partial charge in [-0.25, -0.2) is 4.98 Å². The van der Waals surface area contributed by atoms with Crippen LogP contribution in [0.3, 0.4) is 0 Å². The Labute approximate surface area is 190 Å². The van der Waals surface area contributed by atoms with Crippen LogP contribution < -0.4 is 5.32 Å².